The first-order valence-corrected chi connectivity index (χ1v) is 9.29. The van der Waals surface area contributed by atoms with Gasteiger partial charge in [0.1, 0.15) is 5.75 Å². The van der Waals surface area contributed by atoms with Gasteiger partial charge in [0.25, 0.3) is 0 Å². The Morgan fingerprint density at radius 1 is 1.11 bits per heavy atom. The molecule has 27 heavy (non-hydrogen) atoms. The Kier molecular flexibility index (Phi) is 5.49. The van der Waals surface area contributed by atoms with Crippen LogP contribution < -0.4 is 15.0 Å². The summed E-state index contributed by atoms with van der Waals surface area (Å²) in [4.78, 5) is 26.8. The number of nitrogens with zero attached hydrogens (tertiary/aromatic N) is 1. The summed E-state index contributed by atoms with van der Waals surface area (Å²) in [5.74, 6) is 0.269. The van der Waals surface area contributed by atoms with Crippen LogP contribution >= 0.6 is 0 Å². The molecule has 1 aliphatic heterocycles. The van der Waals surface area contributed by atoms with E-state index in [9.17, 15) is 9.59 Å². The number of ether oxygens (including phenoxy) is 1. The van der Waals surface area contributed by atoms with E-state index >= 15 is 0 Å². The fraction of sp³-hybridized carbons (Fsp3) is 0.364. The Hall–Kier alpha value is -2.82. The summed E-state index contributed by atoms with van der Waals surface area (Å²) >= 11 is 0. The first-order chi connectivity index (χ1) is 12.8. The quantitative estimate of drug-likeness (QED) is 0.867. The van der Waals surface area contributed by atoms with E-state index in [-0.39, 0.29) is 30.3 Å². The van der Waals surface area contributed by atoms with Crippen LogP contribution in [0.5, 0.6) is 5.75 Å². The molecule has 1 aliphatic rings. The molecule has 0 saturated carbocycles. The zero-order valence-electron chi connectivity index (χ0n) is 16.3. The van der Waals surface area contributed by atoms with E-state index in [1.54, 1.807) is 4.90 Å². The highest BCUT2D eigenvalue weighted by atomic mass is 16.5. The van der Waals surface area contributed by atoms with Crippen molar-refractivity contribution >= 4 is 23.2 Å². The van der Waals surface area contributed by atoms with Gasteiger partial charge in [0.15, 0.2) is 0 Å². The standard InChI is InChI=1S/C22H26N2O3/c1-14(2)27-19-10-8-18(9-11-19)24-13-17(12-20(24)25)22(26)23-21-15(3)6-5-7-16(21)4/h5-11,14,17H,12-13H2,1-4H3,(H,23,26)/t17-/m1/s1. The number of hydrogen-bond donors (Lipinski definition) is 1. The monoisotopic (exact) mass is 366 g/mol. The smallest absolute Gasteiger partial charge is 0.229 e. The lowest BCUT2D eigenvalue weighted by Crippen LogP contribution is -2.28. The van der Waals surface area contributed by atoms with E-state index in [2.05, 4.69) is 5.32 Å². The van der Waals surface area contributed by atoms with E-state index in [1.165, 1.54) is 0 Å². The van der Waals surface area contributed by atoms with Gasteiger partial charge >= 0.3 is 0 Å². The van der Waals surface area contributed by atoms with Crippen molar-refractivity contribution in [3.8, 4) is 5.75 Å². The van der Waals surface area contributed by atoms with Crippen molar-refractivity contribution in [3.63, 3.8) is 0 Å². The van der Waals surface area contributed by atoms with Crippen LogP contribution in [0.2, 0.25) is 0 Å². The largest absolute Gasteiger partial charge is 0.491 e. The molecule has 0 unspecified atom stereocenters. The van der Waals surface area contributed by atoms with Gasteiger partial charge in [-0.2, -0.15) is 0 Å². The number of anilines is 2. The Bertz CT molecular complexity index is 823. The summed E-state index contributed by atoms with van der Waals surface area (Å²) in [6.45, 7) is 8.26. The number of carbonyl (C=O) groups excluding carboxylic acids is 2. The molecule has 2 aromatic carbocycles. The molecule has 0 aromatic heterocycles. The maximum atomic E-state index is 12.7. The molecule has 0 spiro atoms. The zero-order valence-corrected chi connectivity index (χ0v) is 16.3. The topological polar surface area (TPSA) is 58.6 Å². The number of hydrogen-bond acceptors (Lipinski definition) is 3. The van der Waals surface area contributed by atoms with Gasteiger partial charge in [-0.15, -0.1) is 0 Å². The molecule has 2 aromatic rings. The van der Waals surface area contributed by atoms with Crippen LogP contribution in [0.15, 0.2) is 42.5 Å². The number of amides is 2. The molecule has 1 N–H and O–H groups in total. The first kappa shape index (κ1) is 19.0. The molecule has 5 nitrogen and oxygen atoms in total. The normalized spacial score (nSPS) is 16.7. The average Bonchev–Trinajstić information content (AvgIpc) is 3.00. The summed E-state index contributed by atoms with van der Waals surface area (Å²) in [7, 11) is 0. The molecule has 0 bridgehead atoms. The number of rotatable bonds is 5. The molecule has 5 heteroatoms. The molecule has 1 fully saturated rings. The average molecular weight is 366 g/mol. The third-order valence-electron chi connectivity index (χ3n) is 4.75. The highest BCUT2D eigenvalue weighted by Crippen LogP contribution is 2.28. The van der Waals surface area contributed by atoms with Crippen LogP contribution in [0.3, 0.4) is 0 Å². The Labute approximate surface area is 160 Å². The van der Waals surface area contributed by atoms with Crippen LogP contribution in [0.1, 0.15) is 31.4 Å². The van der Waals surface area contributed by atoms with Crippen molar-refractivity contribution in [2.75, 3.05) is 16.8 Å². The molecule has 1 atom stereocenters. The molecule has 3 rings (SSSR count). The van der Waals surface area contributed by atoms with E-state index in [0.717, 1.165) is 28.3 Å². The number of aryl methyl sites for hydroxylation is 2. The predicted octanol–water partition coefficient (Wildman–Crippen LogP) is 4.08. The summed E-state index contributed by atoms with van der Waals surface area (Å²) in [5.41, 5.74) is 3.66. The second kappa shape index (κ2) is 7.82. The lowest BCUT2D eigenvalue weighted by molar-refractivity contribution is -0.122. The fourth-order valence-electron chi connectivity index (χ4n) is 3.35. The third kappa shape index (κ3) is 4.30. The Morgan fingerprint density at radius 3 is 2.33 bits per heavy atom. The van der Waals surface area contributed by atoms with E-state index < -0.39 is 0 Å². The minimum Gasteiger partial charge on any atom is -0.491 e. The first-order valence-electron chi connectivity index (χ1n) is 9.29. The second-order valence-corrected chi connectivity index (χ2v) is 7.32. The lowest BCUT2D eigenvalue weighted by Gasteiger charge is -2.18. The van der Waals surface area contributed by atoms with Gasteiger partial charge in [0.05, 0.1) is 12.0 Å². The van der Waals surface area contributed by atoms with Crippen molar-refractivity contribution < 1.29 is 14.3 Å². The predicted molar refractivity (Wildman–Crippen MR) is 107 cm³/mol. The molecule has 2 amide bonds. The summed E-state index contributed by atoms with van der Waals surface area (Å²) in [6.07, 6.45) is 0.323. The van der Waals surface area contributed by atoms with Gasteiger partial charge in [-0.25, -0.2) is 0 Å². The van der Waals surface area contributed by atoms with E-state index in [4.69, 9.17) is 4.74 Å². The molecular formula is C22H26N2O3. The van der Waals surface area contributed by atoms with Crippen molar-refractivity contribution in [1.29, 1.82) is 0 Å². The fourth-order valence-corrected chi connectivity index (χ4v) is 3.35. The maximum Gasteiger partial charge on any atom is 0.229 e. The van der Waals surface area contributed by atoms with Crippen LogP contribution in [0.4, 0.5) is 11.4 Å². The van der Waals surface area contributed by atoms with Crippen molar-refractivity contribution in [3.05, 3.63) is 53.6 Å². The number of para-hydroxylation sites is 1. The van der Waals surface area contributed by atoms with Crippen LogP contribution in [-0.4, -0.2) is 24.5 Å². The molecule has 1 saturated heterocycles. The highest BCUT2D eigenvalue weighted by Gasteiger charge is 2.35. The van der Waals surface area contributed by atoms with Gasteiger partial charge in [0, 0.05) is 24.3 Å². The summed E-state index contributed by atoms with van der Waals surface area (Å²) < 4.78 is 5.64. The molecule has 1 heterocycles. The van der Waals surface area contributed by atoms with Gasteiger partial charge in [0.2, 0.25) is 11.8 Å². The van der Waals surface area contributed by atoms with Crippen LogP contribution in [-0.2, 0) is 9.59 Å². The molecule has 0 aliphatic carbocycles. The van der Waals surface area contributed by atoms with Crippen molar-refractivity contribution in [2.45, 2.75) is 40.2 Å². The minimum atomic E-state index is -0.358. The van der Waals surface area contributed by atoms with Crippen molar-refractivity contribution in [2.24, 2.45) is 5.92 Å². The van der Waals surface area contributed by atoms with E-state index in [1.807, 2.05) is 70.2 Å². The van der Waals surface area contributed by atoms with Crippen molar-refractivity contribution in [1.82, 2.24) is 0 Å². The Morgan fingerprint density at radius 2 is 1.74 bits per heavy atom. The Balaban J connectivity index is 1.69. The van der Waals surface area contributed by atoms with Crippen LogP contribution in [0.25, 0.3) is 0 Å². The van der Waals surface area contributed by atoms with Gasteiger partial charge < -0.3 is 15.0 Å². The number of benzene rings is 2. The highest BCUT2D eigenvalue weighted by molar-refractivity contribution is 6.03. The third-order valence-corrected chi connectivity index (χ3v) is 4.75. The SMILES string of the molecule is Cc1cccc(C)c1NC(=O)[C@@H]1CC(=O)N(c2ccc(OC(C)C)cc2)C1. The number of carbonyl (C=O) groups is 2. The zero-order chi connectivity index (χ0) is 19.6. The van der Waals surface area contributed by atoms with Gasteiger partial charge in [-0.3, -0.25) is 9.59 Å². The number of nitrogens with one attached hydrogen (secondary N) is 1. The minimum absolute atomic E-state index is 0.0332. The van der Waals surface area contributed by atoms with Gasteiger partial charge in [-0.1, -0.05) is 18.2 Å². The summed E-state index contributed by atoms with van der Waals surface area (Å²) in [5, 5.41) is 3.01. The lowest BCUT2D eigenvalue weighted by atomic mass is 10.1. The summed E-state index contributed by atoms with van der Waals surface area (Å²) in [6, 6.07) is 13.3. The maximum absolute atomic E-state index is 12.7. The van der Waals surface area contributed by atoms with E-state index in [0.29, 0.717) is 6.54 Å². The molecular weight excluding hydrogens is 340 g/mol. The molecule has 0 radical (unpaired) electrons. The van der Waals surface area contributed by atoms with Gasteiger partial charge in [-0.05, 0) is 63.1 Å². The molecule has 142 valence electrons. The van der Waals surface area contributed by atoms with Crippen LogP contribution in [0, 0.1) is 19.8 Å². The second-order valence-electron chi connectivity index (χ2n) is 7.32.